The van der Waals surface area contributed by atoms with E-state index < -0.39 is 0 Å². The molecule has 1 aromatic rings. The second-order valence-corrected chi connectivity index (χ2v) is 7.22. The van der Waals surface area contributed by atoms with Crippen molar-refractivity contribution in [2.75, 3.05) is 26.4 Å². The van der Waals surface area contributed by atoms with E-state index >= 15 is 0 Å². The predicted molar refractivity (Wildman–Crippen MR) is 99.7 cm³/mol. The van der Waals surface area contributed by atoms with Crippen LogP contribution in [0.2, 0.25) is 0 Å². The van der Waals surface area contributed by atoms with Crippen molar-refractivity contribution in [2.24, 2.45) is 0 Å². The van der Waals surface area contributed by atoms with Gasteiger partial charge >= 0.3 is 5.97 Å². The minimum absolute atomic E-state index is 0.0592. The summed E-state index contributed by atoms with van der Waals surface area (Å²) in [4.78, 5) is 15.8. The van der Waals surface area contributed by atoms with Gasteiger partial charge in [-0.1, -0.05) is 6.07 Å². The van der Waals surface area contributed by atoms with Crippen LogP contribution in [-0.2, 0) is 14.3 Å². The highest BCUT2D eigenvalue weighted by atomic mass is 16.6. The Labute approximate surface area is 160 Å². The molecule has 3 rings (SSSR count). The van der Waals surface area contributed by atoms with E-state index in [1.165, 1.54) is 0 Å². The van der Waals surface area contributed by atoms with Crippen molar-refractivity contribution < 1.29 is 24.1 Å². The van der Waals surface area contributed by atoms with Crippen molar-refractivity contribution in [2.45, 2.75) is 63.2 Å². The van der Waals surface area contributed by atoms with Gasteiger partial charge in [-0.2, -0.15) is 0 Å². The summed E-state index contributed by atoms with van der Waals surface area (Å²) in [6.07, 6.45) is 6.35. The smallest absolute Gasteiger partial charge is 0.344 e. The average Bonchev–Trinajstić information content (AvgIpc) is 3.10. The number of carbonyl (C=O) groups excluding carboxylic acids is 1. The molecule has 1 saturated carbocycles. The average molecular weight is 378 g/mol. The summed E-state index contributed by atoms with van der Waals surface area (Å²) >= 11 is 0. The van der Waals surface area contributed by atoms with Crippen LogP contribution in [0.15, 0.2) is 18.3 Å². The Morgan fingerprint density at radius 1 is 1.30 bits per heavy atom. The van der Waals surface area contributed by atoms with E-state index in [9.17, 15) is 9.90 Å². The topological polar surface area (TPSA) is 89.9 Å². The van der Waals surface area contributed by atoms with Crippen LogP contribution in [0.4, 0.5) is 0 Å². The molecule has 0 amide bonds. The first-order valence-electron chi connectivity index (χ1n) is 9.93. The van der Waals surface area contributed by atoms with Crippen LogP contribution in [0, 0.1) is 0 Å². The molecule has 2 N–H and O–H groups in total. The second-order valence-electron chi connectivity index (χ2n) is 7.22. The van der Waals surface area contributed by atoms with Crippen LogP contribution >= 0.6 is 0 Å². The van der Waals surface area contributed by atoms with Gasteiger partial charge in [-0.15, -0.1) is 0 Å². The van der Waals surface area contributed by atoms with Crippen molar-refractivity contribution >= 4 is 5.97 Å². The zero-order chi connectivity index (χ0) is 19.1. The van der Waals surface area contributed by atoms with E-state index in [1.807, 2.05) is 12.1 Å². The zero-order valence-electron chi connectivity index (χ0n) is 15.9. The number of aromatic nitrogens is 1. The molecular weight excluding hydrogens is 348 g/mol. The number of carbonyl (C=O) groups is 1. The SMILES string of the molecule is CCOC(=O)COc1ncccc1C1CCC(OC[C@@H]2NCC[C@H]2O)CC1. The van der Waals surface area contributed by atoms with E-state index in [2.05, 4.69) is 10.3 Å². The molecule has 0 spiro atoms. The predicted octanol–water partition coefficient (Wildman–Crippen LogP) is 1.79. The van der Waals surface area contributed by atoms with Crippen LogP contribution < -0.4 is 10.1 Å². The second kappa shape index (κ2) is 10.0. The van der Waals surface area contributed by atoms with Gasteiger partial charge in [-0.25, -0.2) is 9.78 Å². The summed E-state index contributed by atoms with van der Waals surface area (Å²) < 4.78 is 16.5. The standard InChI is InChI=1S/C20H30N2O5/c1-2-25-19(24)13-27-20-16(4-3-10-22-20)14-5-7-15(8-6-14)26-12-17-18(23)9-11-21-17/h3-4,10,14-15,17-18,21,23H,2,5-9,11-13H2,1H3/t14?,15?,17-,18+/m0/s1. The maximum atomic E-state index is 11.5. The monoisotopic (exact) mass is 378 g/mol. The number of hydrogen-bond acceptors (Lipinski definition) is 7. The molecule has 1 aliphatic heterocycles. The molecule has 7 heteroatoms. The molecule has 0 radical (unpaired) electrons. The Morgan fingerprint density at radius 3 is 2.81 bits per heavy atom. The zero-order valence-corrected chi connectivity index (χ0v) is 15.9. The molecule has 27 heavy (non-hydrogen) atoms. The number of aliphatic hydroxyl groups excluding tert-OH is 1. The van der Waals surface area contributed by atoms with E-state index in [1.54, 1.807) is 13.1 Å². The van der Waals surface area contributed by atoms with Crippen molar-refractivity contribution in [3.63, 3.8) is 0 Å². The van der Waals surface area contributed by atoms with Crippen molar-refractivity contribution in [3.8, 4) is 5.88 Å². The minimum atomic E-state index is -0.381. The summed E-state index contributed by atoms with van der Waals surface area (Å²) in [5.74, 6) is 0.494. The lowest BCUT2D eigenvalue weighted by Gasteiger charge is -2.30. The number of nitrogens with one attached hydrogen (secondary N) is 1. The van der Waals surface area contributed by atoms with Crippen LogP contribution in [0.3, 0.4) is 0 Å². The lowest BCUT2D eigenvalue weighted by molar-refractivity contribution is -0.145. The summed E-state index contributed by atoms with van der Waals surface area (Å²) in [7, 11) is 0. The fourth-order valence-electron chi connectivity index (χ4n) is 3.87. The molecule has 2 fully saturated rings. The van der Waals surface area contributed by atoms with E-state index in [0.29, 0.717) is 25.0 Å². The molecule has 0 unspecified atom stereocenters. The maximum absolute atomic E-state index is 11.5. The fourth-order valence-corrected chi connectivity index (χ4v) is 3.87. The van der Waals surface area contributed by atoms with E-state index in [4.69, 9.17) is 14.2 Å². The minimum Gasteiger partial charge on any atom is -0.465 e. The maximum Gasteiger partial charge on any atom is 0.344 e. The third-order valence-electron chi connectivity index (χ3n) is 5.37. The molecule has 2 aliphatic rings. The van der Waals surface area contributed by atoms with Crippen LogP contribution in [0.5, 0.6) is 5.88 Å². The first-order chi connectivity index (χ1) is 13.2. The molecule has 1 aliphatic carbocycles. The number of aliphatic hydroxyl groups is 1. The molecule has 2 atom stereocenters. The molecular formula is C20H30N2O5. The summed E-state index contributed by atoms with van der Waals surface area (Å²) in [6, 6.07) is 3.99. The molecule has 0 bridgehead atoms. The van der Waals surface area contributed by atoms with Gasteiger partial charge in [0, 0.05) is 11.8 Å². The molecule has 0 aromatic carbocycles. The lowest BCUT2D eigenvalue weighted by atomic mass is 9.83. The molecule has 150 valence electrons. The molecule has 2 heterocycles. The lowest BCUT2D eigenvalue weighted by Crippen LogP contribution is -2.37. The normalized spacial score (nSPS) is 28.1. The highest BCUT2D eigenvalue weighted by molar-refractivity contribution is 5.71. The first kappa shape index (κ1) is 20.0. The fraction of sp³-hybridized carbons (Fsp3) is 0.700. The Hall–Kier alpha value is -1.70. The molecule has 1 saturated heterocycles. The third kappa shape index (κ3) is 5.64. The van der Waals surface area contributed by atoms with E-state index in [-0.39, 0.29) is 30.8 Å². The van der Waals surface area contributed by atoms with Crippen LogP contribution in [0.25, 0.3) is 0 Å². The Bertz CT molecular complexity index is 604. The largest absolute Gasteiger partial charge is 0.465 e. The van der Waals surface area contributed by atoms with Gasteiger partial charge in [0.15, 0.2) is 6.61 Å². The van der Waals surface area contributed by atoms with Gasteiger partial charge < -0.3 is 24.6 Å². The summed E-state index contributed by atoms with van der Waals surface area (Å²) in [6.45, 7) is 3.42. The van der Waals surface area contributed by atoms with Gasteiger partial charge in [0.2, 0.25) is 5.88 Å². The van der Waals surface area contributed by atoms with Gasteiger partial charge in [-0.3, -0.25) is 0 Å². The Balaban J connectivity index is 1.48. The van der Waals surface area contributed by atoms with Gasteiger partial charge in [0.1, 0.15) is 0 Å². The van der Waals surface area contributed by atoms with Crippen molar-refractivity contribution in [3.05, 3.63) is 23.9 Å². The van der Waals surface area contributed by atoms with Crippen molar-refractivity contribution in [1.29, 1.82) is 0 Å². The molecule has 1 aromatic heterocycles. The van der Waals surface area contributed by atoms with Gasteiger partial charge in [0.25, 0.3) is 0 Å². The highest BCUT2D eigenvalue weighted by Crippen LogP contribution is 2.37. The van der Waals surface area contributed by atoms with Gasteiger partial charge in [-0.05, 0) is 57.6 Å². The molecule has 7 nitrogen and oxygen atoms in total. The van der Waals surface area contributed by atoms with Crippen molar-refractivity contribution in [1.82, 2.24) is 10.3 Å². The van der Waals surface area contributed by atoms with E-state index in [0.717, 1.165) is 44.2 Å². The number of rotatable bonds is 8. The summed E-state index contributed by atoms with van der Waals surface area (Å²) in [5.41, 5.74) is 1.05. The van der Waals surface area contributed by atoms with Crippen LogP contribution in [0.1, 0.15) is 50.5 Å². The number of esters is 1. The third-order valence-corrected chi connectivity index (χ3v) is 5.37. The highest BCUT2D eigenvalue weighted by Gasteiger charge is 2.29. The quantitative estimate of drug-likeness (QED) is 0.667. The number of pyridine rings is 1. The number of ether oxygens (including phenoxy) is 3. The Kier molecular flexibility index (Phi) is 7.43. The first-order valence-corrected chi connectivity index (χ1v) is 9.93. The van der Waals surface area contributed by atoms with Crippen LogP contribution in [-0.4, -0.2) is 60.7 Å². The summed E-state index contributed by atoms with van der Waals surface area (Å²) in [5, 5.41) is 13.1. The van der Waals surface area contributed by atoms with Gasteiger partial charge in [0.05, 0.1) is 31.5 Å². The number of hydrogen-bond donors (Lipinski definition) is 2. The Morgan fingerprint density at radius 2 is 2.11 bits per heavy atom. The number of nitrogens with zero attached hydrogens (tertiary/aromatic N) is 1.